The van der Waals surface area contributed by atoms with Gasteiger partial charge in [0.15, 0.2) is 0 Å². The molecule has 0 atom stereocenters. The van der Waals surface area contributed by atoms with Crippen molar-refractivity contribution >= 4 is 17.5 Å². The van der Waals surface area contributed by atoms with Crippen LogP contribution in [0.25, 0.3) is 22.4 Å². The van der Waals surface area contributed by atoms with Crippen LogP contribution in [-0.2, 0) is 5.67 Å². The number of carbonyl (C=O) groups is 2. The molecule has 0 unspecified atom stereocenters. The van der Waals surface area contributed by atoms with E-state index in [0.29, 0.717) is 22.5 Å². The second kappa shape index (κ2) is 9.99. The molecule has 3 aromatic heterocycles. The molecule has 9 heteroatoms. The summed E-state index contributed by atoms with van der Waals surface area (Å²) in [6.45, 7) is 4.75. The van der Waals surface area contributed by atoms with E-state index in [-0.39, 0.29) is 23.2 Å². The van der Waals surface area contributed by atoms with Gasteiger partial charge in [0.1, 0.15) is 17.7 Å². The zero-order chi connectivity index (χ0) is 25.9. The van der Waals surface area contributed by atoms with Gasteiger partial charge in [-0.05, 0) is 68.3 Å². The number of aryl methyl sites for hydroxylation is 1. The molecule has 2 amide bonds. The first-order chi connectivity index (χ1) is 17.2. The summed E-state index contributed by atoms with van der Waals surface area (Å²) in [6, 6.07) is 12.1. The number of carbonyl (C=O) groups excluding carboxylic acids is 2. The molecular formula is C27H25FN6O2. The molecule has 0 bridgehead atoms. The fourth-order valence-corrected chi connectivity index (χ4v) is 3.61. The zero-order valence-electron chi connectivity index (χ0n) is 20.3. The van der Waals surface area contributed by atoms with Crippen molar-refractivity contribution in [3.8, 4) is 22.4 Å². The summed E-state index contributed by atoms with van der Waals surface area (Å²) in [5, 5.41) is 5.42. The third-order valence-electron chi connectivity index (χ3n) is 5.60. The van der Waals surface area contributed by atoms with E-state index in [1.54, 1.807) is 30.6 Å². The van der Waals surface area contributed by atoms with Gasteiger partial charge in [-0.3, -0.25) is 19.6 Å². The lowest BCUT2D eigenvalue weighted by atomic mass is 9.99. The second-order valence-electron chi connectivity index (χ2n) is 8.72. The third kappa shape index (κ3) is 5.41. The fraction of sp³-hybridized carbons (Fsp3) is 0.185. The van der Waals surface area contributed by atoms with Crippen molar-refractivity contribution in [3.63, 3.8) is 0 Å². The van der Waals surface area contributed by atoms with Gasteiger partial charge in [0, 0.05) is 48.0 Å². The average Bonchev–Trinajstić information content (AvgIpc) is 2.89. The predicted octanol–water partition coefficient (Wildman–Crippen LogP) is 4.73. The van der Waals surface area contributed by atoms with Gasteiger partial charge in [0.25, 0.3) is 11.8 Å². The summed E-state index contributed by atoms with van der Waals surface area (Å²) < 4.78 is 14.3. The number of amides is 2. The number of alkyl halides is 1. The molecule has 4 rings (SSSR count). The van der Waals surface area contributed by atoms with Crippen LogP contribution in [0.15, 0.2) is 67.4 Å². The lowest BCUT2D eigenvalue weighted by molar-refractivity contribution is 0.0957. The van der Waals surface area contributed by atoms with Crippen LogP contribution in [0.2, 0.25) is 0 Å². The smallest absolute Gasteiger partial charge is 0.269 e. The Morgan fingerprint density at radius 2 is 1.69 bits per heavy atom. The maximum absolute atomic E-state index is 14.3. The van der Waals surface area contributed by atoms with Gasteiger partial charge in [-0.15, -0.1) is 0 Å². The Hall–Kier alpha value is -4.53. The minimum absolute atomic E-state index is 0.187. The Bertz CT molecular complexity index is 1450. The molecule has 3 heterocycles. The average molecular weight is 485 g/mol. The number of pyridine rings is 2. The van der Waals surface area contributed by atoms with E-state index >= 15 is 0 Å². The highest BCUT2D eigenvalue weighted by Gasteiger charge is 2.22. The minimum atomic E-state index is -1.66. The lowest BCUT2D eigenvalue weighted by Crippen LogP contribution is -2.19. The van der Waals surface area contributed by atoms with Crippen LogP contribution in [0, 0.1) is 6.92 Å². The number of benzene rings is 1. The summed E-state index contributed by atoms with van der Waals surface area (Å²) in [5.41, 5.74) is 3.60. The molecule has 0 saturated carbocycles. The monoisotopic (exact) mass is 484 g/mol. The van der Waals surface area contributed by atoms with Gasteiger partial charge in [0.2, 0.25) is 0 Å². The second-order valence-corrected chi connectivity index (χ2v) is 8.72. The number of nitrogens with zero attached hydrogens (tertiary/aromatic N) is 4. The minimum Gasteiger partial charge on any atom is -0.354 e. The molecule has 8 nitrogen and oxygen atoms in total. The van der Waals surface area contributed by atoms with Gasteiger partial charge in [-0.25, -0.2) is 14.4 Å². The predicted molar refractivity (Wildman–Crippen MR) is 135 cm³/mol. The van der Waals surface area contributed by atoms with Crippen molar-refractivity contribution in [1.29, 1.82) is 0 Å². The van der Waals surface area contributed by atoms with E-state index in [1.807, 2.05) is 25.1 Å². The van der Waals surface area contributed by atoms with Crippen molar-refractivity contribution in [3.05, 3.63) is 89.9 Å². The standard InChI is InChI=1S/C27H25FN6O2/c1-16-5-6-20(34-25(35)17-7-8-31-24(10-17)27(2,3)28)11-21(16)18-9-19(14-30-13-18)22-12-23(26(36)29-4)33-15-32-22/h5-15H,1-4H3,(H,29,36)(H,34,35). The summed E-state index contributed by atoms with van der Waals surface area (Å²) in [5.74, 6) is -0.675. The van der Waals surface area contributed by atoms with Gasteiger partial charge in [0.05, 0.1) is 11.4 Å². The van der Waals surface area contributed by atoms with Crippen molar-refractivity contribution in [1.82, 2.24) is 25.3 Å². The molecule has 0 saturated heterocycles. The van der Waals surface area contributed by atoms with Crippen LogP contribution in [0.1, 0.15) is 46.0 Å². The van der Waals surface area contributed by atoms with E-state index < -0.39 is 5.67 Å². The molecule has 36 heavy (non-hydrogen) atoms. The summed E-state index contributed by atoms with van der Waals surface area (Å²) in [6.07, 6.45) is 6.14. The first-order valence-corrected chi connectivity index (χ1v) is 11.2. The maximum atomic E-state index is 14.3. The Morgan fingerprint density at radius 1 is 0.917 bits per heavy atom. The van der Waals surface area contributed by atoms with E-state index in [1.165, 1.54) is 39.5 Å². The first-order valence-electron chi connectivity index (χ1n) is 11.2. The fourth-order valence-electron chi connectivity index (χ4n) is 3.61. The number of hydrogen-bond donors (Lipinski definition) is 2. The molecule has 0 fully saturated rings. The molecule has 0 radical (unpaired) electrons. The number of halogens is 1. The van der Waals surface area contributed by atoms with Crippen molar-refractivity contribution < 1.29 is 14.0 Å². The van der Waals surface area contributed by atoms with Gasteiger partial charge < -0.3 is 10.6 Å². The largest absolute Gasteiger partial charge is 0.354 e. The molecule has 0 spiro atoms. The normalized spacial score (nSPS) is 11.1. The van der Waals surface area contributed by atoms with E-state index in [2.05, 4.69) is 30.6 Å². The molecule has 0 aliphatic heterocycles. The number of nitrogens with one attached hydrogen (secondary N) is 2. The molecule has 0 aliphatic carbocycles. The highest BCUT2D eigenvalue weighted by molar-refractivity contribution is 6.04. The topological polar surface area (TPSA) is 110 Å². The highest BCUT2D eigenvalue weighted by atomic mass is 19.1. The van der Waals surface area contributed by atoms with Crippen LogP contribution in [0.3, 0.4) is 0 Å². The third-order valence-corrected chi connectivity index (χ3v) is 5.60. The molecule has 0 aliphatic rings. The zero-order valence-corrected chi connectivity index (χ0v) is 20.3. The number of anilines is 1. The quantitative estimate of drug-likeness (QED) is 0.410. The Morgan fingerprint density at radius 3 is 2.44 bits per heavy atom. The summed E-state index contributed by atoms with van der Waals surface area (Å²) in [7, 11) is 1.54. The van der Waals surface area contributed by atoms with E-state index in [9.17, 15) is 14.0 Å². The van der Waals surface area contributed by atoms with Gasteiger partial charge >= 0.3 is 0 Å². The number of aromatic nitrogens is 4. The van der Waals surface area contributed by atoms with Crippen LogP contribution >= 0.6 is 0 Å². The van der Waals surface area contributed by atoms with Crippen LogP contribution in [-0.4, -0.2) is 38.8 Å². The van der Waals surface area contributed by atoms with Crippen molar-refractivity contribution in [2.75, 3.05) is 12.4 Å². The highest BCUT2D eigenvalue weighted by Crippen LogP contribution is 2.30. The van der Waals surface area contributed by atoms with Gasteiger partial charge in [-0.2, -0.15) is 0 Å². The SMILES string of the molecule is CNC(=O)c1cc(-c2cncc(-c3cc(NC(=O)c4ccnc(C(C)(C)F)c4)ccc3C)c2)ncn1. The molecular weight excluding hydrogens is 459 g/mol. The number of rotatable bonds is 6. The Kier molecular flexibility index (Phi) is 6.82. The molecule has 2 N–H and O–H groups in total. The summed E-state index contributed by atoms with van der Waals surface area (Å²) in [4.78, 5) is 41.5. The Balaban J connectivity index is 1.63. The summed E-state index contributed by atoms with van der Waals surface area (Å²) >= 11 is 0. The van der Waals surface area contributed by atoms with E-state index in [0.717, 1.165) is 16.7 Å². The van der Waals surface area contributed by atoms with Crippen molar-refractivity contribution in [2.24, 2.45) is 0 Å². The maximum Gasteiger partial charge on any atom is 0.269 e. The van der Waals surface area contributed by atoms with Gasteiger partial charge in [-0.1, -0.05) is 6.07 Å². The van der Waals surface area contributed by atoms with E-state index in [4.69, 9.17) is 0 Å². The van der Waals surface area contributed by atoms with Crippen molar-refractivity contribution in [2.45, 2.75) is 26.4 Å². The molecule has 182 valence electrons. The molecule has 1 aromatic carbocycles. The van der Waals surface area contributed by atoms with Crippen LogP contribution in [0.4, 0.5) is 10.1 Å². The number of hydrogen-bond acceptors (Lipinski definition) is 6. The first kappa shape index (κ1) is 24.6. The van der Waals surface area contributed by atoms with Crippen LogP contribution < -0.4 is 10.6 Å². The van der Waals surface area contributed by atoms with Crippen LogP contribution in [0.5, 0.6) is 0 Å². The Labute approximate surface area is 208 Å². The molecule has 4 aromatic rings. The lowest BCUT2D eigenvalue weighted by Gasteiger charge is -2.15.